The average Bonchev–Trinajstić information content (AvgIpc) is 3.12. The predicted octanol–water partition coefficient (Wildman–Crippen LogP) is 2.43. The fraction of sp³-hybridized carbons (Fsp3) is 0.526. The van der Waals surface area contributed by atoms with Crippen LogP contribution >= 0.6 is 0 Å². The van der Waals surface area contributed by atoms with Crippen LogP contribution in [0.5, 0.6) is 0 Å². The molecule has 0 saturated carbocycles. The Morgan fingerprint density at radius 2 is 2.04 bits per heavy atom. The van der Waals surface area contributed by atoms with Crippen molar-refractivity contribution in [1.82, 2.24) is 20.8 Å². The molecule has 0 aliphatic rings. The molecule has 0 saturated heterocycles. The molecule has 1 heterocycles. The summed E-state index contributed by atoms with van der Waals surface area (Å²) in [7, 11) is 1.70. The van der Waals surface area contributed by atoms with E-state index < -0.39 is 0 Å². The van der Waals surface area contributed by atoms with E-state index in [1.54, 1.807) is 7.11 Å². The Morgan fingerprint density at radius 3 is 2.65 bits per heavy atom. The molecule has 0 amide bonds. The molecule has 0 bridgehead atoms. The molecule has 0 spiro atoms. The van der Waals surface area contributed by atoms with E-state index >= 15 is 0 Å². The summed E-state index contributed by atoms with van der Waals surface area (Å²) in [6.07, 6.45) is 1.63. The van der Waals surface area contributed by atoms with Crippen LogP contribution in [0.25, 0.3) is 11.5 Å². The number of hydrogen-bond donors (Lipinski definition) is 2. The third kappa shape index (κ3) is 6.15. The number of ether oxygens (including phenoxy) is 1. The first-order valence-corrected chi connectivity index (χ1v) is 9.11. The molecule has 7 nitrogen and oxygen atoms in total. The second-order valence-corrected chi connectivity index (χ2v) is 6.08. The van der Waals surface area contributed by atoms with Gasteiger partial charge in [-0.05, 0) is 38.0 Å². The van der Waals surface area contributed by atoms with Gasteiger partial charge in [-0.25, -0.2) is 0 Å². The van der Waals surface area contributed by atoms with E-state index in [0.29, 0.717) is 19.0 Å². The lowest BCUT2D eigenvalue weighted by Crippen LogP contribution is -2.44. The standard InChI is InChI=1S/C19H29N5O2/c1-5-17-23-18(26-24-17)16-9-7-15(8-10-16)11-12-21-19(20-6-2)22-14(3)13-25-4/h7-10,14H,5-6,11-13H2,1-4H3,(H2,20,21,22). The van der Waals surface area contributed by atoms with Gasteiger partial charge in [0.25, 0.3) is 5.89 Å². The van der Waals surface area contributed by atoms with Gasteiger partial charge in [0.2, 0.25) is 0 Å². The molecule has 2 aromatic rings. The summed E-state index contributed by atoms with van der Waals surface area (Å²) < 4.78 is 10.4. The summed E-state index contributed by atoms with van der Waals surface area (Å²) in [4.78, 5) is 8.97. The maximum atomic E-state index is 5.27. The summed E-state index contributed by atoms with van der Waals surface area (Å²) in [5, 5.41) is 10.5. The van der Waals surface area contributed by atoms with Crippen LogP contribution in [0.1, 0.15) is 32.2 Å². The molecule has 0 radical (unpaired) electrons. The highest BCUT2D eigenvalue weighted by Crippen LogP contribution is 2.18. The monoisotopic (exact) mass is 359 g/mol. The van der Waals surface area contributed by atoms with Gasteiger partial charge in [0, 0.05) is 38.2 Å². The first-order valence-electron chi connectivity index (χ1n) is 9.11. The molecular weight excluding hydrogens is 330 g/mol. The summed E-state index contributed by atoms with van der Waals surface area (Å²) in [5.41, 5.74) is 2.15. The first kappa shape index (κ1) is 19.9. The zero-order chi connectivity index (χ0) is 18.8. The van der Waals surface area contributed by atoms with E-state index in [1.807, 2.05) is 19.1 Å². The van der Waals surface area contributed by atoms with Crippen molar-refractivity contribution >= 4 is 5.96 Å². The van der Waals surface area contributed by atoms with Gasteiger partial charge in [-0.1, -0.05) is 24.2 Å². The summed E-state index contributed by atoms with van der Waals surface area (Å²) in [6.45, 7) is 8.29. The third-order valence-electron chi connectivity index (χ3n) is 3.80. The van der Waals surface area contributed by atoms with Crippen LogP contribution in [0.3, 0.4) is 0 Å². The Morgan fingerprint density at radius 1 is 1.27 bits per heavy atom. The molecule has 1 atom stereocenters. The minimum Gasteiger partial charge on any atom is -0.383 e. The lowest BCUT2D eigenvalue weighted by molar-refractivity contribution is 0.179. The number of guanidine groups is 1. The Labute approximate surface area is 155 Å². The normalized spacial score (nSPS) is 12.8. The van der Waals surface area contributed by atoms with Crippen molar-refractivity contribution in [1.29, 1.82) is 0 Å². The van der Waals surface area contributed by atoms with Crippen molar-refractivity contribution in [2.45, 2.75) is 39.7 Å². The molecule has 142 valence electrons. The molecule has 0 fully saturated rings. The van der Waals surface area contributed by atoms with Crippen LogP contribution in [0.15, 0.2) is 33.8 Å². The number of hydrogen-bond acceptors (Lipinski definition) is 5. The van der Waals surface area contributed by atoms with Crippen LogP contribution in [0.2, 0.25) is 0 Å². The van der Waals surface area contributed by atoms with Crippen LogP contribution in [-0.4, -0.2) is 48.9 Å². The van der Waals surface area contributed by atoms with Gasteiger partial charge in [0.05, 0.1) is 6.61 Å². The highest BCUT2D eigenvalue weighted by Gasteiger charge is 2.07. The minimum absolute atomic E-state index is 0.208. The van der Waals surface area contributed by atoms with Crippen molar-refractivity contribution in [3.05, 3.63) is 35.7 Å². The first-order chi connectivity index (χ1) is 12.7. The number of nitrogens with one attached hydrogen (secondary N) is 2. The molecule has 2 N–H and O–H groups in total. The van der Waals surface area contributed by atoms with Gasteiger partial charge in [-0.2, -0.15) is 4.98 Å². The Balaban J connectivity index is 1.91. The SMILES string of the molecule is CCNC(=NCCc1ccc(-c2nc(CC)no2)cc1)NC(C)COC. The van der Waals surface area contributed by atoms with Crippen LogP contribution in [0.4, 0.5) is 0 Å². The number of rotatable bonds is 9. The van der Waals surface area contributed by atoms with E-state index in [4.69, 9.17) is 9.26 Å². The molecule has 1 aromatic carbocycles. The largest absolute Gasteiger partial charge is 0.383 e. The maximum absolute atomic E-state index is 5.27. The molecule has 2 rings (SSSR count). The van der Waals surface area contributed by atoms with E-state index in [2.05, 4.69) is 51.7 Å². The number of aliphatic imine (C=N–C) groups is 1. The van der Waals surface area contributed by atoms with Crippen molar-refractivity contribution < 1.29 is 9.26 Å². The van der Waals surface area contributed by atoms with Crippen molar-refractivity contribution in [3.8, 4) is 11.5 Å². The lowest BCUT2D eigenvalue weighted by Gasteiger charge is -2.16. The van der Waals surface area contributed by atoms with Crippen molar-refractivity contribution in [2.24, 2.45) is 4.99 Å². The van der Waals surface area contributed by atoms with Gasteiger partial charge in [0.15, 0.2) is 11.8 Å². The highest BCUT2D eigenvalue weighted by atomic mass is 16.5. The highest BCUT2D eigenvalue weighted by molar-refractivity contribution is 5.80. The molecule has 1 unspecified atom stereocenters. The molecule has 1 aromatic heterocycles. The fourth-order valence-electron chi connectivity index (χ4n) is 2.47. The van der Waals surface area contributed by atoms with Crippen molar-refractivity contribution in [2.75, 3.05) is 26.8 Å². The van der Waals surface area contributed by atoms with Crippen LogP contribution < -0.4 is 10.6 Å². The number of methoxy groups -OCH3 is 1. The number of aryl methyl sites for hydroxylation is 1. The summed E-state index contributed by atoms with van der Waals surface area (Å²) in [6, 6.07) is 8.38. The van der Waals surface area contributed by atoms with Crippen LogP contribution in [0, 0.1) is 0 Å². The number of nitrogens with zero attached hydrogens (tertiary/aromatic N) is 3. The van der Waals surface area contributed by atoms with E-state index in [1.165, 1.54) is 5.56 Å². The zero-order valence-electron chi connectivity index (χ0n) is 16.1. The quantitative estimate of drug-likeness (QED) is 0.528. The molecule has 26 heavy (non-hydrogen) atoms. The van der Waals surface area contributed by atoms with Crippen molar-refractivity contribution in [3.63, 3.8) is 0 Å². The smallest absolute Gasteiger partial charge is 0.257 e. The van der Waals surface area contributed by atoms with Gasteiger partial charge in [-0.15, -0.1) is 0 Å². The Kier molecular flexibility index (Phi) is 8.08. The van der Waals surface area contributed by atoms with E-state index in [0.717, 1.165) is 36.7 Å². The predicted molar refractivity (Wildman–Crippen MR) is 103 cm³/mol. The Bertz CT molecular complexity index is 681. The minimum atomic E-state index is 0.208. The van der Waals surface area contributed by atoms with Gasteiger partial charge >= 0.3 is 0 Å². The second-order valence-electron chi connectivity index (χ2n) is 6.08. The number of benzene rings is 1. The second kappa shape index (κ2) is 10.6. The van der Waals surface area contributed by atoms with Gasteiger partial charge in [0.1, 0.15) is 0 Å². The van der Waals surface area contributed by atoms with Crippen LogP contribution in [-0.2, 0) is 17.6 Å². The third-order valence-corrected chi connectivity index (χ3v) is 3.80. The van der Waals surface area contributed by atoms with E-state index in [-0.39, 0.29) is 6.04 Å². The molecule has 0 aliphatic heterocycles. The molecular formula is C19H29N5O2. The topological polar surface area (TPSA) is 84.6 Å². The number of aromatic nitrogens is 2. The molecule has 0 aliphatic carbocycles. The summed E-state index contributed by atoms with van der Waals surface area (Å²) >= 11 is 0. The van der Waals surface area contributed by atoms with Gasteiger partial charge < -0.3 is 19.9 Å². The lowest BCUT2D eigenvalue weighted by atomic mass is 10.1. The fourth-order valence-corrected chi connectivity index (χ4v) is 2.47. The molecule has 7 heteroatoms. The van der Waals surface area contributed by atoms with Gasteiger partial charge in [-0.3, -0.25) is 4.99 Å². The van der Waals surface area contributed by atoms with E-state index in [9.17, 15) is 0 Å². The zero-order valence-corrected chi connectivity index (χ0v) is 16.1. The maximum Gasteiger partial charge on any atom is 0.257 e. The average molecular weight is 359 g/mol. The Hall–Kier alpha value is -2.41. The summed E-state index contributed by atoms with van der Waals surface area (Å²) in [5.74, 6) is 2.10.